The van der Waals surface area contributed by atoms with Crippen LogP contribution in [0.1, 0.15) is 63.4 Å². The number of hydrogen-bond donors (Lipinski definition) is 1. The largest absolute Gasteiger partial charge is 0.491 e. The Morgan fingerprint density at radius 1 is 1.04 bits per heavy atom. The fourth-order valence-corrected chi connectivity index (χ4v) is 4.06. The van der Waals surface area contributed by atoms with Crippen LogP contribution in [0, 0.1) is 5.92 Å². The molecule has 134 valence electrons. The molecule has 1 aliphatic heterocycles. The highest BCUT2D eigenvalue weighted by Crippen LogP contribution is 2.33. The summed E-state index contributed by atoms with van der Waals surface area (Å²) < 4.78 is 5.80. The zero-order chi connectivity index (χ0) is 16.8. The molecule has 0 radical (unpaired) electrons. The Bertz CT molecular complexity index is 473. The van der Waals surface area contributed by atoms with Gasteiger partial charge in [-0.2, -0.15) is 0 Å². The predicted molar refractivity (Wildman–Crippen MR) is 98.6 cm³/mol. The minimum absolute atomic E-state index is 0.384. The number of β-amino-alcohol motifs (C(OH)–C–C–N with tert-alkyl or cyclic N) is 1. The molecule has 0 amide bonds. The Hall–Kier alpha value is -1.06. The van der Waals surface area contributed by atoms with Gasteiger partial charge in [-0.05, 0) is 68.3 Å². The average molecular weight is 332 g/mol. The van der Waals surface area contributed by atoms with E-state index in [2.05, 4.69) is 36.1 Å². The van der Waals surface area contributed by atoms with E-state index in [9.17, 15) is 5.11 Å². The van der Waals surface area contributed by atoms with Crippen molar-refractivity contribution in [3.63, 3.8) is 0 Å². The van der Waals surface area contributed by atoms with E-state index >= 15 is 0 Å². The quantitative estimate of drug-likeness (QED) is 0.848. The van der Waals surface area contributed by atoms with Crippen molar-refractivity contribution < 1.29 is 9.84 Å². The lowest BCUT2D eigenvalue weighted by Crippen LogP contribution is -2.40. The van der Waals surface area contributed by atoms with Crippen LogP contribution in [0.15, 0.2) is 24.3 Å². The molecule has 24 heavy (non-hydrogen) atoms. The Labute approximate surface area is 147 Å². The summed E-state index contributed by atoms with van der Waals surface area (Å²) in [6.45, 7) is 5.64. The smallest absolute Gasteiger partial charge is 0.119 e. The van der Waals surface area contributed by atoms with Gasteiger partial charge >= 0.3 is 0 Å². The van der Waals surface area contributed by atoms with Crippen LogP contribution in [0.3, 0.4) is 0 Å². The molecule has 1 aromatic rings. The number of likely N-dealkylation sites (tertiary alicyclic amines) is 1. The summed E-state index contributed by atoms with van der Waals surface area (Å²) in [5.74, 6) is 2.44. The number of rotatable bonds is 6. The van der Waals surface area contributed by atoms with Gasteiger partial charge in [-0.3, -0.25) is 0 Å². The van der Waals surface area contributed by atoms with E-state index in [-0.39, 0.29) is 0 Å². The molecule has 1 aliphatic carbocycles. The number of hydrogen-bond acceptors (Lipinski definition) is 3. The fourth-order valence-electron chi connectivity index (χ4n) is 4.06. The summed E-state index contributed by atoms with van der Waals surface area (Å²) in [6, 6.07) is 8.56. The number of nitrogens with zero attached hydrogens (tertiary/aromatic N) is 1. The molecule has 1 heterocycles. The number of piperidine rings is 1. The lowest BCUT2D eigenvalue weighted by Gasteiger charge is -2.31. The first kappa shape index (κ1) is 17.8. The molecule has 0 spiro atoms. The highest BCUT2D eigenvalue weighted by molar-refractivity contribution is 5.29. The molecule has 0 bridgehead atoms. The fraction of sp³-hybridized carbons (Fsp3) is 0.714. The van der Waals surface area contributed by atoms with Crippen molar-refractivity contribution in [2.45, 2.75) is 63.9 Å². The molecule has 1 aromatic carbocycles. The van der Waals surface area contributed by atoms with E-state index in [0.717, 1.165) is 37.2 Å². The van der Waals surface area contributed by atoms with Crippen LogP contribution in [-0.2, 0) is 0 Å². The maximum atomic E-state index is 10.2. The Kier molecular flexibility index (Phi) is 6.56. The molecule has 2 fully saturated rings. The van der Waals surface area contributed by atoms with Crippen molar-refractivity contribution in [2.24, 2.45) is 5.92 Å². The number of ether oxygens (including phenoxy) is 1. The number of aliphatic hydroxyl groups is 1. The molecule has 3 heteroatoms. The Morgan fingerprint density at radius 2 is 1.71 bits per heavy atom. The van der Waals surface area contributed by atoms with Crippen LogP contribution in [0.25, 0.3) is 0 Å². The highest BCUT2D eigenvalue weighted by atomic mass is 16.5. The van der Waals surface area contributed by atoms with Crippen LogP contribution < -0.4 is 4.74 Å². The minimum atomic E-state index is -0.406. The zero-order valence-electron chi connectivity index (χ0n) is 15.1. The highest BCUT2D eigenvalue weighted by Gasteiger charge is 2.19. The summed E-state index contributed by atoms with van der Waals surface area (Å²) in [5.41, 5.74) is 1.45. The molecule has 1 saturated heterocycles. The van der Waals surface area contributed by atoms with Gasteiger partial charge in [-0.1, -0.05) is 38.3 Å². The Morgan fingerprint density at radius 3 is 2.38 bits per heavy atom. The number of benzene rings is 1. The summed E-state index contributed by atoms with van der Waals surface area (Å²) in [4.78, 5) is 2.36. The maximum Gasteiger partial charge on any atom is 0.119 e. The Balaban J connectivity index is 1.41. The average Bonchev–Trinajstić information content (AvgIpc) is 2.63. The second kappa shape index (κ2) is 8.87. The summed E-state index contributed by atoms with van der Waals surface area (Å²) >= 11 is 0. The van der Waals surface area contributed by atoms with Gasteiger partial charge in [0.1, 0.15) is 18.5 Å². The summed E-state index contributed by atoms with van der Waals surface area (Å²) in [6.07, 6.45) is 8.87. The summed E-state index contributed by atoms with van der Waals surface area (Å²) in [7, 11) is 0. The van der Waals surface area contributed by atoms with Crippen LogP contribution in [-0.4, -0.2) is 42.4 Å². The van der Waals surface area contributed by atoms with Crippen molar-refractivity contribution in [3.05, 3.63) is 29.8 Å². The molecule has 3 rings (SSSR count). The topological polar surface area (TPSA) is 32.7 Å². The lowest BCUT2D eigenvalue weighted by molar-refractivity contribution is 0.0563. The molecular formula is C21H33NO2. The molecule has 2 aliphatic rings. The van der Waals surface area contributed by atoms with Crippen molar-refractivity contribution in [1.82, 2.24) is 4.90 Å². The SMILES string of the molecule is CC1CCN(CC(O)COc2ccc(C3CCCCC3)cc2)CC1. The van der Waals surface area contributed by atoms with E-state index in [1.54, 1.807) is 0 Å². The zero-order valence-corrected chi connectivity index (χ0v) is 15.1. The molecule has 3 nitrogen and oxygen atoms in total. The van der Waals surface area contributed by atoms with Gasteiger partial charge in [0.05, 0.1) is 0 Å². The van der Waals surface area contributed by atoms with Gasteiger partial charge < -0.3 is 14.7 Å². The van der Waals surface area contributed by atoms with Gasteiger partial charge in [0, 0.05) is 6.54 Å². The minimum Gasteiger partial charge on any atom is -0.491 e. The first-order valence-corrected chi connectivity index (χ1v) is 9.84. The third-order valence-electron chi connectivity index (χ3n) is 5.74. The van der Waals surface area contributed by atoms with E-state index in [1.807, 2.05) is 0 Å². The first-order valence-electron chi connectivity index (χ1n) is 9.84. The van der Waals surface area contributed by atoms with Crippen molar-refractivity contribution in [3.8, 4) is 5.75 Å². The standard InChI is InChI=1S/C21H33NO2/c1-17-11-13-22(14-12-17)15-20(23)16-24-21-9-7-19(8-10-21)18-5-3-2-4-6-18/h7-10,17-18,20,23H,2-6,11-16H2,1H3. The van der Waals surface area contributed by atoms with Crippen LogP contribution in [0.2, 0.25) is 0 Å². The molecule has 1 N–H and O–H groups in total. The second-order valence-corrected chi connectivity index (χ2v) is 7.85. The second-order valence-electron chi connectivity index (χ2n) is 7.85. The van der Waals surface area contributed by atoms with Crippen LogP contribution >= 0.6 is 0 Å². The first-order chi connectivity index (χ1) is 11.7. The third kappa shape index (κ3) is 5.22. The molecule has 1 unspecified atom stereocenters. The predicted octanol–water partition coefficient (Wildman–Crippen LogP) is 4.21. The van der Waals surface area contributed by atoms with Gasteiger partial charge in [-0.15, -0.1) is 0 Å². The van der Waals surface area contributed by atoms with Gasteiger partial charge in [0.15, 0.2) is 0 Å². The molecular weight excluding hydrogens is 298 g/mol. The van der Waals surface area contributed by atoms with Crippen LogP contribution in [0.5, 0.6) is 5.75 Å². The lowest BCUT2D eigenvalue weighted by atomic mass is 9.84. The molecule has 1 saturated carbocycles. The normalized spacial score (nSPS) is 22.4. The van der Waals surface area contributed by atoms with E-state index in [4.69, 9.17) is 4.74 Å². The van der Waals surface area contributed by atoms with Crippen LogP contribution in [0.4, 0.5) is 0 Å². The third-order valence-corrected chi connectivity index (χ3v) is 5.74. The van der Waals surface area contributed by atoms with E-state index in [0.29, 0.717) is 6.61 Å². The molecule has 0 aromatic heterocycles. The van der Waals surface area contributed by atoms with Crippen molar-refractivity contribution in [2.75, 3.05) is 26.2 Å². The van der Waals surface area contributed by atoms with E-state index < -0.39 is 6.10 Å². The molecule has 1 atom stereocenters. The van der Waals surface area contributed by atoms with Crippen molar-refractivity contribution >= 4 is 0 Å². The monoisotopic (exact) mass is 331 g/mol. The number of aliphatic hydroxyl groups excluding tert-OH is 1. The maximum absolute atomic E-state index is 10.2. The van der Waals surface area contributed by atoms with Gasteiger partial charge in [0.2, 0.25) is 0 Å². The summed E-state index contributed by atoms with van der Waals surface area (Å²) in [5, 5.41) is 10.2. The van der Waals surface area contributed by atoms with Gasteiger partial charge in [-0.25, -0.2) is 0 Å². The van der Waals surface area contributed by atoms with Gasteiger partial charge in [0.25, 0.3) is 0 Å². The van der Waals surface area contributed by atoms with E-state index in [1.165, 1.54) is 50.5 Å². The van der Waals surface area contributed by atoms with Crippen molar-refractivity contribution in [1.29, 1.82) is 0 Å².